The number of H-pyrrole nitrogens is 1. The summed E-state index contributed by atoms with van der Waals surface area (Å²) in [5, 5.41) is 0.994. The molecule has 1 aliphatic heterocycles. The van der Waals surface area contributed by atoms with E-state index in [1.807, 2.05) is 0 Å². The average molecular weight is 254 g/mol. The van der Waals surface area contributed by atoms with Crippen LogP contribution in [0.3, 0.4) is 0 Å². The van der Waals surface area contributed by atoms with Gasteiger partial charge in [-0.3, -0.25) is 0 Å². The van der Waals surface area contributed by atoms with Gasteiger partial charge in [0, 0.05) is 13.1 Å². The first-order valence-corrected chi connectivity index (χ1v) is 6.24. The Kier molecular flexibility index (Phi) is 2.58. The Balaban J connectivity index is 2.04. The summed E-state index contributed by atoms with van der Waals surface area (Å²) in [5.41, 5.74) is 0.825. The SMILES string of the molecule is S=c1nc[nH]c2nc(N3CCOCC3)sc12. The Morgan fingerprint density at radius 1 is 1.44 bits per heavy atom. The molecule has 3 rings (SSSR count). The smallest absolute Gasteiger partial charge is 0.188 e. The molecule has 16 heavy (non-hydrogen) atoms. The van der Waals surface area contributed by atoms with Crippen molar-refractivity contribution in [2.24, 2.45) is 0 Å². The van der Waals surface area contributed by atoms with Crippen LogP contribution in [0.1, 0.15) is 0 Å². The lowest BCUT2D eigenvalue weighted by atomic mass is 10.5. The Hall–Kier alpha value is -1.05. The van der Waals surface area contributed by atoms with Crippen LogP contribution in [0.4, 0.5) is 5.13 Å². The van der Waals surface area contributed by atoms with Gasteiger partial charge in [0.05, 0.1) is 19.5 Å². The molecule has 0 aliphatic carbocycles. The summed E-state index contributed by atoms with van der Waals surface area (Å²) < 4.78 is 6.89. The molecule has 3 heterocycles. The zero-order valence-electron chi connectivity index (χ0n) is 8.47. The summed E-state index contributed by atoms with van der Waals surface area (Å²) in [6.07, 6.45) is 1.59. The molecule has 1 aliphatic rings. The lowest BCUT2D eigenvalue weighted by Crippen LogP contribution is -2.36. The summed E-state index contributed by atoms with van der Waals surface area (Å²) in [5.74, 6) is 0. The molecule has 7 heteroatoms. The highest BCUT2D eigenvalue weighted by atomic mass is 32.1. The first-order chi connectivity index (χ1) is 7.84. The van der Waals surface area contributed by atoms with Crippen molar-refractivity contribution in [2.45, 2.75) is 0 Å². The van der Waals surface area contributed by atoms with Crippen molar-refractivity contribution in [1.82, 2.24) is 15.0 Å². The number of hydrogen-bond donors (Lipinski definition) is 1. The second-order valence-corrected chi connectivity index (χ2v) is 4.85. The number of aromatic amines is 1. The molecule has 5 nitrogen and oxygen atoms in total. The number of morpholine rings is 1. The second kappa shape index (κ2) is 4.08. The van der Waals surface area contributed by atoms with E-state index < -0.39 is 0 Å². The summed E-state index contributed by atoms with van der Waals surface area (Å²) in [7, 11) is 0. The average Bonchev–Trinajstić information content (AvgIpc) is 2.76. The number of fused-ring (bicyclic) bond motifs is 1. The predicted molar refractivity (Wildman–Crippen MR) is 65.6 cm³/mol. The Morgan fingerprint density at radius 2 is 2.25 bits per heavy atom. The number of nitrogens with zero attached hydrogens (tertiary/aromatic N) is 3. The fourth-order valence-electron chi connectivity index (χ4n) is 1.65. The van der Waals surface area contributed by atoms with Gasteiger partial charge in [-0.05, 0) is 0 Å². The minimum Gasteiger partial charge on any atom is -0.378 e. The number of rotatable bonds is 1. The summed E-state index contributed by atoms with van der Waals surface area (Å²) in [4.78, 5) is 13.8. The Bertz CT molecular complexity index is 558. The van der Waals surface area contributed by atoms with Crippen LogP contribution in [-0.2, 0) is 4.74 Å². The molecule has 0 spiro atoms. The van der Waals surface area contributed by atoms with Crippen molar-refractivity contribution in [3.05, 3.63) is 11.0 Å². The molecule has 1 saturated heterocycles. The highest BCUT2D eigenvalue weighted by Crippen LogP contribution is 2.28. The first-order valence-electron chi connectivity index (χ1n) is 5.01. The monoisotopic (exact) mass is 254 g/mol. The van der Waals surface area contributed by atoms with Gasteiger partial charge in [0.1, 0.15) is 9.34 Å². The van der Waals surface area contributed by atoms with E-state index in [0.29, 0.717) is 4.64 Å². The van der Waals surface area contributed by atoms with Crippen molar-refractivity contribution in [3.63, 3.8) is 0 Å². The lowest BCUT2D eigenvalue weighted by molar-refractivity contribution is 0.122. The van der Waals surface area contributed by atoms with E-state index in [9.17, 15) is 0 Å². The number of ether oxygens (including phenoxy) is 1. The van der Waals surface area contributed by atoms with Gasteiger partial charge in [0.25, 0.3) is 0 Å². The maximum atomic E-state index is 5.31. The van der Waals surface area contributed by atoms with Gasteiger partial charge in [0.15, 0.2) is 10.8 Å². The molecule has 0 aromatic carbocycles. The van der Waals surface area contributed by atoms with Gasteiger partial charge in [-0.1, -0.05) is 23.6 Å². The quantitative estimate of drug-likeness (QED) is 0.783. The van der Waals surface area contributed by atoms with Crippen LogP contribution in [0.25, 0.3) is 10.3 Å². The third-order valence-corrected chi connectivity index (χ3v) is 4.04. The molecule has 2 aromatic rings. The van der Waals surface area contributed by atoms with Crippen LogP contribution in [0.15, 0.2) is 6.33 Å². The van der Waals surface area contributed by atoms with Crippen LogP contribution in [0.2, 0.25) is 0 Å². The zero-order chi connectivity index (χ0) is 11.0. The molecule has 0 radical (unpaired) electrons. The van der Waals surface area contributed by atoms with E-state index in [2.05, 4.69) is 19.9 Å². The number of hydrogen-bond acceptors (Lipinski definition) is 6. The number of aromatic nitrogens is 3. The summed E-state index contributed by atoms with van der Waals surface area (Å²) >= 11 is 6.76. The van der Waals surface area contributed by atoms with E-state index in [1.54, 1.807) is 17.7 Å². The van der Waals surface area contributed by atoms with E-state index in [-0.39, 0.29) is 0 Å². The van der Waals surface area contributed by atoms with Crippen LogP contribution in [0.5, 0.6) is 0 Å². The minimum absolute atomic E-state index is 0.616. The van der Waals surface area contributed by atoms with Gasteiger partial charge in [-0.15, -0.1) is 0 Å². The third-order valence-electron chi connectivity index (χ3n) is 2.47. The normalized spacial score (nSPS) is 16.9. The van der Waals surface area contributed by atoms with Crippen molar-refractivity contribution < 1.29 is 4.74 Å². The largest absolute Gasteiger partial charge is 0.378 e. The second-order valence-electron chi connectivity index (χ2n) is 3.48. The highest BCUT2D eigenvalue weighted by molar-refractivity contribution is 7.71. The molecule has 0 amide bonds. The Labute approximate surface area is 101 Å². The first kappa shape index (κ1) is 10.1. The van der Waals surface area contributed by atoms with Crippen molar-refractivity contribution in [3.8, 4) is 0 Å². The Morgan fingerprint density at radius 3 is 3.00 bits per heavy atom. The summed E-state index contributed by atoms with van der Waals surface area (Å²) in [6, 6.07) is 0. The number of nitrogens with one attached hydrogen (secondary N) is 1. The zero-order valence-corrected chi connectivity index (χ0v) is 10.1. The molecule has 0 saturated carbocycles. The van der Waals surface area contributed by atoms with Crippen molar-refractivity contribution in [1.29, 1.82) is 0 Å². The molecular weight excluding hydrogens is 244 g/mol. The van der Waals surface area contributed by atoms with Gasteiger partial charge in [-0.2, -0.15) is 0 Å². The molecule has 0 unspecified atom stereocenters. The van der Waals surface area contributed by atoms with Crippen LogP contribution in [0, 0.1) is 4.64 Å². The number of anilines is 1. The van der Waals surface area contributed by atoms with Crippen LogP contribution < -0.4 is 4.90 Å². The summed E-state index contributed by atoms with van der Waals surface area (Å²) in [6.45, 7) is 3.30. The van der Waals surface area contributed by atoms with E-state index in [1.165, 1.54) is 0 Å². The number of thiazole rings is 1. The van der Waals surface area contributed by atoms with E-state index in [4.69, 9.17) is 17.0 Å². The standard InChI is InChI=1S/C9H10N4OS2/c15-8-6-7(10-5-11-8)12-9(16-6)13-1-3-14-4-2-13/h5H,1-4H2,(H,10,11,15). The van der Waals surface area contributed by atoms with Gasteiger partial charge in [-0.25, -0.2) is 9.97 Å². The van der Waals surface area contributed by atoms with Gasteiger partial charge >= 0.3 is 0 Å². The van der Waals surface area contributed by atoms with Gasteiger partial charge < -0.3 is 14.6 Å². The molecule has 84 valence electrons. The molecule has 0 bridgehead atoms. The lowest BCUT2D eigenvalue weighted by Gasteiger charge is -2.25. The predicted octanol–water partition coefficient (Wildman–Crippen LogP) is 1.59. The fourth-order valence-corrected chi connectivity index (χ4v) is 2.90. The van der Waals surface area contributed by atoms with Crippen molar-refractivity contribution >= 4 is 39.0 Å². The maximum Gasteiger partial charge on any atom is 0.188 e. The van der Waals surface area contributed by atoms with E-state index in [0.717, 1.165) is 41.8 Å². The molecule has 2 aromatic heterocycles. The van der Waals surface area contributed by atoms with Crippen LogP contribution in [-0.4, -0.2) is 41.3 Å². The minimum atomic E-state index is 0.616. The highest BCUT2D eigenvalue weighted by Gasteiger charge is 2.15. The molecule has 1 fully saturated rings. The van der Waals surface area contributed by atoms with E-state index >= 15 is 0 Å². The maximum absolute atomic E-state index is 5.31. The fraction of sp³-hybridized carbons (Fsp3) is 0.444. The molecule has 0 atom stereocenters. The topological polar surface area (TPSA) is 54.0 Å². The van der Waals surface area contributed by atoms with Crippen LogP contribution >= 0.6 is 23.6 Å². The molecule has 1 N–H and O–H groups in total. The van der Waals surface area contributed by atoms with Gasteiger partial charge in [0.2, 0.25) is 0 Å². The third kappa shape index (κ3) is 1.70. The molecular formula is C9H10N4OS2. The van der Waals surface area contributed by atoms with Crippen molar-refractivity contribution in [2.75, 3.05) is 31.2 Å².